The lowest BCUT2D eigenvalue weighted by Crippen LogP contribution is -2.40. The second-order valence-electron chi connectivity index (χ2n) is 7.88. The number of aromatic nitrogens is 2. The molecule has 0 saturated carbocycles. The van der Waals surface area contributed by atoms with E-state index >= 15 is 0 Å². The van der Waals surface area contributed by atoms with E-state index in [4.69, 9.17) is 4.74 Å². The summed E-state index contributed by atoms with van der Waals surface area (Å²) in [6.45, 7) is 5.48. The number of hydrogen-bond donors (Lipinski definition) is 0. The highest BCUT2D eigenvalue weighted by Crippen LogP contribution is 2.30. The van der Waals surface area contributed by atoms with Crippen LogP contribution in [0.5, 0.6) is 5.75 Å². The first-order chi connectivity index (χ1) is 13.5. The number of benzene rings is 1. The zero-order valence-electron chi connectivity index (χ0n) is 17.5. The van der Waals surface area contributed by atoms with Gasteiger partial charge in [-0.15, -0.1) is 0 Å². The third-order valence-electron chi connectivity index (χ3n) is 5.49. The topological polar surface area (TPSA) is 50.6 Å². The van der Waals surface area contributed by atoms with Gasteiger partial charge in [0.05, 0.1) is 12.7 Å². The number of amides is 1. The summed E-state index contributed by atoms with van der Waals surface area (Å²) in [6.07, 6.45) is 7.10. The summed E-state index contributed by atoms with van der Waals surface area (Å²) >= 11 is 0. The zero-order valence-corrected chi connectivity index (χ0v) is 17.5. The van der Waals surface area contributed by atoms with E-state index in [1.54, 1.807) is 7.11 Å². The van der Waals surface area contributed by atoms with Crippen molar-refractivity contribution in [3.8, 4) is 5.75 Å². The molecule has 28 heavy (non-hydrogen) atoms. The van der Waals surface area contributed by atoms with Gasteiger partial charge in [0.15, 0.2) is 0 Å². The molecule has 6 heteroatoms. The van der Waals surface area contributed by atoms with Gasteiger partial charge in [-0.25, -0.2) is 4.98 Å². The van der Waals surface area contributed by atoms with Crippen molar-refractivity contribution in [2.75, 3.05) is 40.8 Å². The third-order valence-corrected chi connectivity index (χ3v) is 5.49. The molecule has 1 unspecified atom stereocenters. The van der Waals surface area contributed by atoms with E-state index in [1.807, 2.05) is 36.2 Å². The minimum atomic E-state index is 0.0605. The van der Waals surface area contributed by atoms with E-state index in [2.05, 4.69) is 34.7 Å². The molecule has 1 aliphatic heterocycles. The molecule has 2 heterocycles. The fraction of sp³-hybridized carbons (Fsp3) is 0.545. The molecule has 1 atom stereocenters. The molecule has 6 nitrogen and oxygen atoms in total. The van der Waals surface area contributed by atoms with Gasteiger partial charge in [0, 0.05) is 37.9 Å². The molecule has 1 fully saturated rings. The van der Waals surface area contributed by atoms with Crippen LogP contribution in [0.15, 0.2) is 30.6 Å². The molecule has 0 bridgehead atoms. The van der Waals surface area contributed by atoms with Crippen molar-refractivity contribution < 1.29 is 9.53 Å². The quantitative estimate of drug-likeness (QED) is 0.736. The molecule has 3 rings (SSSR count). The number of hydrogen-bond acceptors (Lipinski definition) is 4. The highest BCUT2D eigenvalue weighted by atomic mass is 16.5. The Morgan fingerprint density at radius 3 is 2.93 bits per heavy atom. The molecular formula is C22H32N4O2. The average molecular weight is 385 g/mol. The monoisotopic (exact) mass is 384 g/mol. The van der Waals surface area contributed by atoms with Gasteiger partial charge in [0.1, 0.15) is 11.6 Å². The maximum absolute atomic E-state index is 13.3. The largest absolute Gasteiger partial charge is 0.496 e. The lowest BCUT2D eigenvalue weighted by molar-refractivity contribution is 0.0699. The molecule has 1 aromatic heterocycles. The summed E-state index contributed by atoms with van der Waals surface area (Å²) in [6, 6.07) is 5.75. The van der Waals surface area contributed by atoms with Crippen LogP contribution in [0, 0.1) is 6.92 Å². The fourth-order valence-electron chi connectivity index (χ4n) is 4.04. The Balaban J connectivity index is 1.73. The lowest BCUT2D eigenvalue weighted by Gasteiger charge is -2.33. The van der Waals surface area contributed by atoms with Crippen molar-refractivity contribution >= 4 is 5.91 Å². The Kier molecular flexibility index (Phi) is 6.73. The Morgan fingerprint density at radius 1 is 1.36 bits per heavy atom. The van der Waals surface area contributed by atoms with Crippen molar-refractivity contribution in [1.29, 1.82) is 0 Å². The number of aryl methyl sites for hydroxylation is 2. The number of likely N-dealkylation sites (tertiary alicyclic amines) is 1. The van der Waals surface area contributed by atoms with Gasteiger partial charge >= 0.3 is 0 Å². The summed E-state index contributed by atoms with van der Waals surface area (Å²) in [4.78, 5) is 22.1. The Labute approximate surface area is 168 Å². The third kappa shape index (κ3) is 4.55. The van der Waals surface area contributed by atoms with Crippen LogP contribution in [0.1, 0.15) is 46.9 Å². The Morgan fingerprint density at radius 2 is 2.18 bits per heavy atom. The Bertz CT molecular complexity index is 800. The molecule has 1 saturated heterocycles. The zero-order chi connectivity index (χ0) is 20.1. The number of ether oxygens (including phenoxy) is 1. The first kappa shape index (κ1) is 20.4. The summed E-state index contributed by atoms with van der Waals surface area (Å²) < 4.78 is 7.71. The molecular weight excluding hydrogens is 352 g/mol. The number of carbonyl (C=O) groups is 1. The highest BCUT2D eigenvalue weighted by Gasteiger charge is 2.29. The van der Waals surface area contributed by atoms with E-state index in [-0.39, 0.29) is 11.8 Å². The highest BCUT2D eigenvalue weighted by molar-refractivity contribution is 5.98. The molecule has 1 aliphatic rings. The standard InChI is InChI=1S/C22H32N4O2/c1-17-8-5-10-19(28-4)20(17)22(27)26-13-6-9-18(16-26)21-23-11-15-25(21)14-7-12-24(2)3/h5,8,10-11,15,18H,6-7,9,12-14,16H2,1-4H3. The van der Waals surface area contributed by atoms with Crippen LogP contribution < -0.4 is 4.74 Å². The van der Waals surface area contributed by atoms with E-state index in [9.17, 15) is 4.79 Å². The van der Waals surface area contributed by atoms with Gasteiger partial charge in [-0.3, -0.25) is 4.79 Å². The molecule has 0 spiro atoms. The normalized spacial score (nSPS) is 17.2. The van der Waals surface area contributed by atoms with Crippen LogP contribution in [0.25, 0.3) is 0 Å². The molecule has 2 aromatic rings. The second-order valence-corrected chi connectivity index (χ2v) is 7.88. The molecule has 1 aromatic carbocycles. The summed E-state index contributed by atoms with van der Waals surface area (Å²) in [7, 11) is 5.81. The van der Waals surface area contributed by atoms with Gasteiger partial charge < -0.3 is 19.1 Å². The molecule has 152 valence electrons. The van der Waals surface area contributed by atoms with Crippen LogP contribution in [0.4, 0.5) is 0 Å². The van der Waals surface area contributed by atoms with Crippen molar-refractivity contribution in [2.24, 2.45) is 0 Å². The van der Waals surface area contributed by atoms with Gasteiger partial charge in [0.25, 0.3) is 5.91 Å². The van der Waals surface area contributed by atoms with Crippen LogP contribution in [0.3, 0.4) is 0 Å². The van der Waals surface area contributed by atoms with E-state index < -0.39 is 0 Å². The summed E-state index contributed by atoms with van der Waals surface area (Å²) in [5, 5.41) is 0. The van der Waals surface area contributed by atoms with E-state index in [1.165, 1.54) is 0 Å². The molecule has 0 aliphatic carbocycles. The maximum atomic E-state index is 13.3. The van der Waals surface area contributed by atoms with Crippen molar-refractivity contribution in [2.45, 2.75) is 38.6 Å². The van der Waals surface area contributed by atoms with Crippen LogP contribution in [-0.4, -0.2) is 66.1 Å². The van der Waals surface area contributed by atoms with Crippen molar-refractivity contribution in [3.63, 3.8) is 0 Å². The molecule has 0 N–H and O–H groups in total. The second kappa shape index (κ2) is 9.24. The van der Waals surface area contributed by atoms with Gasteiger partial charge in [-0.2, -0.15) is 0 Å². The minimum absolute atomic E-state index is 0.0605. The first-order valence-corrected chi connectivity index (χ1v) is 10.1. The smallest absolute Gasteiger partial charge is 0.257 e. The average Bonchev–Trinajstić information content (AvgIpc) is 3.15. The van der Waals surface area contributed by atoms with Gasteiger partial charge in [0.2, 0.25) is 0 Å². The Hall–Kier alpha value is -2.34. The summed E-state index contributed by atoms with van der Waals surface area (Å²) in [5.74, 6) is 2.10. The van der Waals surface area contributed by atoms with E-state index in [0.29, 0.717) is 17.9 Å². The predicted molar refractivity (Wildman–Crippen MR) is 111 cm³/mol. The lowest BCUT2D eigenvalue weighted by atomic mass is 9.95. The number of imidazole rings is 1. The first-order valence-electron chi connectivity index (χ1n) is 10.1. The van der Waals surface area contributed by atoms with Crippen LogP contribution in [-0.2, 0) is 6.54 Å². The number of piperidine rings is 1. The van der Waals surface area contributed by atoms with Gasteiger partial charge in [-0.05, 0) is 58.5 Å². The SMILES string of the molecule is COc1cccc(C)c1C(=O)N1CCCC(c2nccn2CCCN(C)C)C1. The minimum Gasteiger partial charge on any atom is -0.496 e. The van der Waals surface area contributed by atoms with Crippen LogP contribution >= 0.6 is 0 Å². The number of rotatable bonds is 7. The van der Waals surface area contributed by atoms with E-state index in [0.717, 1.165) is 50.3 Å². The predicted octanol–water partition coefficient (Wildman–Crippen LogP) is 3.17. The fourth-order valence-corrected chi connectivity index (χ4v) is 4.04. The van der Waals surface area contributed by atoms with Crippen molar-refractivity contribution in [1.82, 2.24) is 19.4 Å². The number of methoxy groups -OCH3 is 1. The molecule has 1 amide bonds. The maximum Gasteiger partial charge on any atom is 0.257 e. The number of nitrogens with zero attached hydrogens (tertiary/aromatic N) is 4. The molecule has 0 radical (unpaired) electrons. The van der Waals surface area contributed by atoms with Gasteiger partial charge in [-0.1, -0.05) is 12.1 Å². The van der Waals surface area contributed by atoms with Crippen LogP contribution in [0.2, 0.25) is 0 Å². The van der Waals surface area contributed by atoms with Crippen molar-refractivity contribution in [3.05, 3.63) is 47.5 Å². The number of carbonyl (C=O) groups excluding carboxylic acids is 1. The summed E-state index contributed by atoms with van der Waals surface area (Å²) in [5.41, 5.74) is 1.64.